The van der Waals surface area contributed by atoms with E-state index in [9.17, 15) is 8.42 Å². The molecule has 1 aliphatic rings. The van der Waals surface area contributed by atoms with Crippen LogP contribution >= 0.6 is 0 Å². The number of rotatable bonds is 5. The molecular weight excluding hydrogens is 266 g/mol. The molecule has 0 unspecified atom stereocenters. The smallest absolute Gasteiger partial charge is 0.257 e. The Balaban J connectivity index is 2.19. The van der Waals surface area contributed by atoms with E-state index in [0.717, 1.165) is 51.3 Å². The maximum absolute atomic E-state index is 11.4. The van der Waals surface area contributed by atoms with Crippen LogP contribution in [0.15, 0.2) is 11.2 Å². The third kappa shape index (κ3) is 3.77. The Kier molecular flexibility index (Phi) is 4.59. The van der Waals surface area contributed by atoms with E-state index < -0.39 is 10.0 Å². The average molecular weight is 287 g/mol. The highest BCUT2D eigenvalue weighted by molar-refractivity contribution is 7.89. The van der Waals surface area contributed by atoms with Crippen molar-refractivity contribution >= 4 is 10.0 Å². The highest BCUT2D eigenvalue weighted by atomic mass is 32.2. The lowest BCUT2D eigenvalue weighted by molar-refractivity contribution is 0.0610. The maximum atomic E-state index is 11.4. The summed E-state index contributed by atoms with van der Waals surface area (Å²) in [6.07, 6.45) is 5.27. The maximum Gasteiger partial charge on any atom is 0.257 e. The first-order valence-corrected chi connectivity index (χ1v) is 8.22. The van der Waals surface area contributed by atoms with Crippen LogP contribution in [0.3, 0.4) is 0 Å². The van der Waals surface area contributed by atoms with Crippen LogP contribution in [-0.2, 0) is 27.7 Å². The summed E-state index contributed by atoms with van der Waals surface area (Å²) in [4.78, 5) is 4.16. The SMILES string of the molecule is CCCc1nc(S(N)(=O)=O)cn1CC1CCOCC1. The van der Waals surface area contributed by atoms with Gasteiger partial charge in [0.15, 0.2) is 5.03 Å². The molecule has 6 nitrogen and oxygen atoms in total. The zero-order chi connectivity index (χ0) is 13.9. The molecule has 0 aliphatic carbocycles. The Morgan fingerprint density at radius 1 is 1.47 bits per heavy atom. The van der Waals surface area contributed by atoms with Crippen LogP contribution in [-0.4, -0.2) is 31.2 Å². The molecule has 7 heteroatoms. The standard InChI is InChI=1S/C12H21N3O3S/c1-2-3-11-14-12(19(13,16)17)9-15(11)8-10-4-6-18-7-5-10/h9-10H,2-8H2,1H3,(H2,13,16,17). The Hall–Kier alpha value is -0.920. The molecule has 0 spiro atoms. The van der Waals surface area contributed by atoms with Crippen LogP contribution in [0.25, 0.3) is 0 Å². The van der Waals surface area contributed by atoms with Crippen molar-refractivity contribution in [1.29, 1.82) is 0 Å². The molecule has 2 rings (SSSR count). The molecule has 0 radical (unpaired) electrons. The molecule has 2 N–H and O–H groups in total. The van der Waals surface area contributed by atoms with E-state index in [1.54, 1.807) is 6.20 Å². The fraction of sp³-hybridized carbons (Fsp3) is 0.750. The second-order valence-corrected chi connectivity index (χ2v) is 6.51. The number of imidazole rings is 1. The fourth-order valence-corrected chi connectivity index (χ4v) is 2.86. The van der Waals surface area contributed by atoms with Gasteiger partial charge in [-0.3, -0.25) is 0 Å². The van der Waals surface area contributed by atoms with E-state index in [0.29, 0.717) is 5.92 Å². The summed E-state index contributed by atoms with van der Waals surface area (Å²) in [5, 5.41) is 5.12. The first-order chi connectivity index (χ1) is 9.00. The minimum atomic E-state index is -3.72. The molecule has 0 aromatic carbocycles. The topological polar surface area (TPSA) is 87.2 Å². The van der Waals surface area contributed by atoms with Crippen LogP contribution in [0.1, 0.15) is 32.0 Å². The molecule has 1 aromatic heterocycles. The van der Waals surface area contributed by atoms with E-state index in [4.69, 9.17) is 9.88 Å². The molecule has 19 heavy (non-hydrogen) atoms. The number of nitrogens with zero attached hydrogens (tertiary/aromatic N) is 2. The third-order valence-corrected chi connectivity index (χ3v) is 4.18. The number of hydrogen-bond donors (Lipinski definition) is 1. The van der Waals surface area contributed by atoms with Gasteiger partial charge in [0.05, 0.1) is 0 Å². The van der Waals surface area contributed by atoms with Crippen LogP contribution in [0.4, 0.5) is 0 Å². The van der Waals surface area contributed by atoms with Gasteiger partial charge in [-0.05, 0) is 25.2 Å². The van der Waals surface area contributed by atoms with Gasteiger partial charge in [-0.15, -0.1) is 0 Å². The number of ether oxygens (including phenoxy) is 1. The predicted octanol–water partition coefficient (Wildman–Crippen LogP) is 0.910. The lowest BCUT2D eigenvalue weighted by Crippen LogP contribution is -2.21. The lowest BCUT2D eigenvalue weighted by Gasteiger charge is -2.23. The summed E-state index contributed by atoms with van der Waals surface area (Å²) < 4.78 is 30.0. The molecule has 0 amide bonds. The number of aromatic nitrogens is 2. The zero-order valence-corrected chi connectivity index (χ0v) is 12.0. The third-order valence-electron chi connectivity index (χ3n) is 3.40. The molecule has 1 saturated heterocycles. The molecule has 2 heterocycles. The van der Waals surface area contributed by atoms with Gasteiger partial charge in [-0.1, -0.05) is 6.92 Å². The van der Waals surface area contributed by atoms with Crippen LogP contribution in [0, 0.1) is 5.92 Å². The second kappa shape index (κ2) is 6.02. The van der Waals surface area contributed by atoms with Gasteiger partial charge in [-0.25, -0.2) is 18.5 Å². The highest BCUT2D eigenvalue weighted by Gasteiger charge is 2.19. The predicted molar refractivity (Wildman–Crippen MR) is 71.1 cm³/mol. The van der Waals surface area contributed by atoms with Gasteiger partial charge in [-0.2, -0.15) is 0 Å². The van der Waals surface area contributed by atoms with Crippen molar-refractivity contribution in [3.63, 3.8) is 0 Å². The van der Waals surface area contributed by atoms with Crippen molar-refractivity contribution < 1.29 is 13.2 Å². The van der Waals surface area contributed by atoms with Crippen molar-refractivity contribution in [1.82, 2.24) is 9.55 Å². The molecule has 0 bridgehead atoms. The normalized spacial score (nSPS) is 17.8. The van der Waals surface area contributed by atoms with E-state index in [1.165, 1.54) is 0 Å². The van der Waals surface area contributed by atoms with Gasteiger partial charge < -0.3 is 9.30 Å². The summed E-state index contributed by atoms with van der Waals surface area (Å²) in [7, 11) is -3.72. The highest BCUT2D eigenvalue weighted by Crippen LogP contribution is 2.19. The number of hydrogen-bond acceptors (Lipinski definition) is 4. The van der Waals surface area contributed by atoms with Gasteiger partial charge in [0.1, 0.15) is 5.82 Å². The van der Waals surface area contributed by atoms with Gasteiger partial charge in [0.2, 0.25) is 0 Å². The van der Waals surface area contributed by atoms with Crippen molar-refractivity contribution in [3.8, 4) is 0 Å². The Labute approximate surface area is 114 Å². The Bertz CT molecular complexity index is 518. The Morgan fingerprint density at radius 3 is 2.74 bits per heavy atom. The average Bonchev–Trinajstić information content (AvgIpc) is 2.74. The minimum Gasteiger partial charge on any atom is -0.381 e. The second-order valence-electron chi connectivity index (χ2n) is 5.00. The number of sulfonamides is 1. The summed E-state index contributed by atoms with van der Waals surface area (Å²) in [5.74, 6) is 1.32. The molecule has 108 valence electrons. The van der Waals surface area contributed by atoms with Gasteiger partial charge in [0.25, 0.3) is 10.0 Å². The number of aryl methyl sites for hydroxylation is 1. The summed E-state index contributed by atoms with van der Waals surface area (Å²) in [5.41, 5.74) is 0. The van der Waals surface area contributed by atoms with Crippen molar-refractivity contribution in [3.05, 3.63) is 12.0 Å². The van der Waals surface area contributed by atoms with Crippen molar-refractivity contribution in [2.75, 3.05) is 13.2 Å². The summed E-state index contributed by atoms with van der Waals surface area (Å²) in [6.45, 7) is 4.40. The van der Waals surface area contributed by atoms with E-state index in [-0.39, 0.29) is 5.03 Å². The van der Waals surface area contributed by atoms with Crippen LogP contribution in [0.2, 0.25) is 0 Å². The van der Waals surface area contributed by atoms with E-state index >= 15 is 0 Å². The minimum absolute atomic E-state index is 0.0250. The largest absolute Gasteiger partial charge is 0.381 e. The van der Waals surface area contributed by atoms with Crippen LogP contribution < -0.4 is 5.14 Å². The van der Waals surface area contributed by atoms with Crippen molar-refractivity contribution in [2.24, 2.45) is 11.1 Å². The molecule has 0 saturated carbocycles. The Morgan fingerprint density at radius 2 is 2.16 bits per heavy atom. The van der Waals surface area contributed by atoms with Gasteiger partial charge in [0, 0.05) is 32.4 Å². The first-order valence-electron chi connectivity index (χ1n) is 6.67. The molecule has 1 aliphatic heterocycles. The molecule has 1 aromatic rings. The zero-order valence-electron chi connectivity index (χ0n) is 11.2. The first kappa shape index (κ1) is 14.5. The molecular formula is C12H21N3O3S. The summed E-state index contributed by atoms with van der Waals surface area (Å²) >= 11 is 0. The lowest BCUT2D eigenvalue weighted by atomic mass is 10.0. The quantitative estimate of drug-likeness (QED) is 0.872. The monoisotopic (exact) mass is 287 g/mol. The number of primary sulfonamides is 1. The summed E-state index contributed by atoms with van der Waals surface area (Å²) in [6, 6.07) is 0. The molecule has 0 atom stereocenters. The van der Waals surface area contributed by atoms with E-state index in [2.05, 4.69) is 4.98 Å². The van der Waals surface area contributed by atoms with E-state index in [1.807, 2.05) is 11.5 Å². The molecule has 1 fully saturated rings. The number of nitrogens with two attached hydrogens (primary N) is 1. The van der Waals surface area contributed by atoms with Crippen LogP contribution in [0.5, 0.6) is 0 Å². The fourth-order valence-electron chi connectivity index (χ4n) is 2.35. The van der Waals surface area contributed by atoms with Gasteiger partial charge >= 0.3 is 0 Å². The van der Waals surface area contributed by atoms with Crippen molar-refractivity contribution in [2.45, 2.75) is 44.2 Å².